The molecule has 0 aliphatic rings. The Hall–Kier alpha value is -3.21. The van der Waals surface area contributed by atoms with Crippen LogP contribution < -0.4 is 10.6 Å². The van der Waals surface area contributed by atoms with Crippen LogP contribution in [0.3, 0.4) is 0 Å². The van der Waals surface area contributed by atoms with Crippen LogP contribution in [0.2, 0.25) is 0 Å². The largest absolute Gasteiger partial charge is 0.365 e. The highest BCUT2D eigenvalue weighted by molar-refractivity contribution is 6.03. The van der Waals surface area contributed by atoms with Gasteiger partial charge in [0.2, 0.25) is 0 Å². The Morgan fingerprint density at radius 1 is 0.923 bits per heavy atom. The molecule has 2 aromatic carbocycles. The first-order chi connectivity index (χ1) is 12.5. The molecule has 0 spiro atoms. The van der Waals surface area contributed by atoms with Gasteiger partial charge in [-0.3, -0.25) is 4.79 Å². The molecule has 0 aliphatic heterocycles. The summed E-state index contributed by atoms with van der Waals surface area (Å²) < 4.78 is 0. The maximum absolute atomic E-state index is 12.4. The summed E-state index contributed by atoms with van der Waals surface area (Å²) in [5.41, 5.74) is 5.64. The molecular weight excluding hydrogens is 324 g/mol. The number of nitrogens with one attached hydrogen (secondary N) is 2. The van der Waals surface area contributed by atoms with E-state index in [1.165, 1.54) is 5.56 Å². The molecule has 3 aromatic rings. The van der Waals surface area contributed by atoms with Crippen molar-refractivity contribution in [2.45, 2.75) is 27.3 Å². The summed E-state index contributed by atoms with van der Waals surface area (Å²) in [6, 6.07) is 17.5. The summed E-state index contributed by atoms with van der Waals surface area (Å²) >= 11 is 0. The number of amides is 1. The fraction of sp³-hybridized carbons (Fsp3) is 0.190. The summed E-state index contributed by atoms with van der Waals surface area (Å²) in [4.78, 5) is 12.4. The molecule has 1 amide bonds. The van der Waals surface area contributed by atoms with Crippen LogP contribution >= 0.6 is 0 Å². The van der Waals surface area contributed by atoms with E-state index in [4.69, 9.17) is 0 Å². The van der Waals surface area contributed by atoms with Gasteiger partial charge in [0.15, 0.2) is 5.69 Å². The SMILES string of the molecule is Cc1ccc(CNc2ccc(C(=O)Nc3cccc(C)c3C)nn2)cc1. The predicted octanol–water partition coefficient (Wildman–Crippen LogP) is 4.27. The molecule has 0 radical (unpaired) electrons. The lowest BCUT2D eigenvalue weighted by Crippen LogP contribution is -2.15. The number of aromatic nitrogens is 2. The average Bonchev–Trinajstić information content (AvgIpc) is 2.65. The van der Waals surface area contributed by atoms with E-state index in [2.05, 4.69) is 52.0 Å². The van der Waals surface area contributed by atoms with Crippen LogP contribution in [0.25, 0.3) is 0 Å². The lowest BCUT2D eigenvalue weighted by atomic mass is 10.1. The van der Waals surface area contributed by atoms with Crippen molar-refractivity contribution in [2.24, 2.45) is 0 Å². The van der Waals surface area contributed by atoms with Crippen LogP contribution in [0.4, 0.5) is 11.5 Å². The van der Waals surface area contributed by atoms with Crippen molar-refractivity contribution in [1.82, 2.24) is 10.2 Å². The number of hydrogen-bond acceptors (Lipinski definition) is 4. The van der Waals surface area contributed by atoms with Gasteiger partial charge in [-0.2, -0.15) is 0 Å². The van der Waals surface area contributed by atoms with E-state index in [1.807, 2.05) is 32.0 Å². The number of nitrogens with zero attached hydrogens (tertiary/aromatic N) is 2. The van der Waals surface area contributed by atoms with Crippen LogP contribution in [0.15, 0.2) is 54.6 Å². The van der Waals surface area contributed by atoms with Crippen molar-refractivity contribution in [3.63, 3.8) is 0 Å². The monoisotopic (exact) mass is 346 g/mol. The molecular formula is C21H22N4O. The Labute approximate surface area is 153 Å². The molecule has 0 bridgehead atoms. The summed E-state index contributed by atoms with van der Waals surface area (Å²) in [6.07, 6.45) is 0. The number of hydrogen-bond donors (Lipinski definition) is 2. The molecule has 132 valence electrons. The molecule has 0 unspecified atom stereocenters. The van der Waals surface area contributed by atoms with Crippen molar-refractivity contribution < 1.29 is 4.79 Å². The van der Waals surface area contributed by atoms with Crippen molar-refractivity contribution in [3.05, 3.63) is 82.5 Å². The van der Waals surface area contributed by atoms with Crippen molar-refractivity contribution >= 4 is 17.4 Å². The summed E-state index contributed by atoms with van der Waals surface area (Å²) in [7, 11) is 0. The molecule has 3 rings (SSSR count). The van der Waals surface area contributed by atoms with Crippen LogP contribution in [-0.2, 0) is 6.54 Å². The minimum absolute atomic E-state index is 0.267. The van der Waals surface area contributed by atoms with Gasteiger partial charge < -0.3 is 10.6 Å². The smallest absolute Gasteiger partial charge is 0.276 e. The molecule has 5 nitrogen and oxygen atoms in total. The maximum atomic E-state index is 12.4. The standard InChI is InChI=1S/C21H22N4O/c1-14-7-9-17(10-8-14)13-22-20-12-11-19(24-25-20)21(26)23-18-6-4-5-15(2)16(18)3/h4-12H,13H2,1-3H3,(H,22,25)(H,23,26). The Bertz CT molecular complexity index is 902. The van der Waals surface area contributed by atoms with Crippen molar-refractivity contribution in [2.75, 3.05) is 10.6 Å². The molecule has 0 aliphatic carbocycles. The zero-order chi connectivity index (χ0) is 18.5. The van der Waals surface area contributed by atoms with Gasteiger partial charge in [0.25, 0.3) is 5.91 Å². The molecule has 0 saturated carbocycles. The Morgan fingerprint density at radius 3 is 2.38 bits per heavy atom. The van der Waals surface area contributed by atoms with Crippen molar-refractivity contribution in [1.29, 1.82) is 0 Å². The number of aryl methyl sites for hydroxylation is 2. The van der Waals surface area contributed by atoms with Crippen LogP contribution in [-0.4, -0.2) is 16.1 Å². The lowest BCUT2D eigenvalue weighted by molar-refractivity contribution is 0.102. The van der Waals surface area contributed by atoms with Gasteiger partial charge in [0.1, 0.15) is 5.82 Å². The second-order valence-corrected chi connectivity index (χ2v) is 6.34. The predicted molar refractivity (Wildman–Crippen MR) is 104 cm³/mol. The zero-order valence-corrected chi connectivity index (χ0v) is 15.2. The molecule has 0 saturated heterocycles. The van der Waals surface area contributed by atoms with E-state index in [1.54, 1.807) is 12.1 Å². The van der Waals surface area contributed by atoms with E-state index in [-0.39, 0.29) is 11.6 Å². The highest BCUT2D eigenvalue weighted by Gasteiger charge is 2.10. The molecule has 26 heavy (non-hydrogen) atoms. The molecule has 5 heteroatoms. The number of anilines is 2. The normalized spacial score (nSPS) is 10.4. The minimum Gasteiger partial charge on any atom is -0.365 e. The lowest BCUT2D eigenvalue weighted by Gasteiger charge is -2.10. The highest BCUT2D eigenvalue weighted by Crippen LogP contribution is 2.18. The number of benzene rings is 2. The van der Waals surface area contributed by atoms with Gasteiger partial charge in [-0.25, -0.2) is 0 Å². The van der Waals surface area contributed by atoms with Gasteiger partial charge in [-0.15, -0.1) is 10.2 Å². The number of rotatable bonds is 5. The van der Waals surface area contributed by atoms with Gasteiger partial charge in [0, 0.05) is 12.2 Å². The van der Waals surface area contributed by atoms with Crippen LogP contribution in [0.1, 0.15) is 32.7 Å². The molecule has 1 aromatic heterocycles. The third-order valence-electron chi connectivity index (χ3n) is 4.34. The summed E-state index contributed by atoms with van der Waals surface area (Å²) in [5.74, 6) is 0.366. The molecule has 2 N–H and O–H groups in total. The Kier molecular flexibility index (Phi) is 5.27. The first kappa shape index (κ1) is 17.6. The maximum Gasteiger partial charge on any atom is 0.276 e. The Balaban J connectivity index is 1.62. The van der Waals surface area contributed by atoms with E-state index in [0.29, 0.717) is 12.4 Å². The first-order valence-electron chi connectivity index (χ1n) is 8.53. The van der Waals surface area contributed by atoms with Gasteiger partial charge in [0.05, 0.1) is 0 Å². The number of carbonyl (C=O) groups is 1. The second kappa shape index (κ2) is 7.78. The summed E-state index contributed by atoms with van der Waals surface area (Å²) in [5, 5.41) is 14.2. The van der Waals surface area contributed by atoms with E-state index in [9.17, 15) is 4.79 Å². The third-order valence-corrected chi connectivity index (χ3v) is 4.34. The minimum atomic E-state index is -0.267. The van der Waals surface area contributed by atoms with E-state index in [0.717, 1.165) is 22.4 Å². The fourth-order valence-corrected chi connectivity index (χ4v) is 2.52. The van der Waals surface area contributed by atoms with Crippen LogP contribution in [0.5, 0.6) is 0 Å². The second-order valence-electron chi connectivity index (χ2n) is 6.34. The molecule has 1 heterocycles. The van der Waals surface area contributed by atoms with E-state index < -0.39 is 0 Å². The van der Waals surface area contributed by atoms with Gasteiger partial charge >= 0.3 is 0 Å². The van der Waals surface area contributed by atoms with Crippen LogP contribution in [0, 0.1) is 20.8 Å². The quantitative estimate of drug-likeness (QED) is 0.724. The van der Waals surface area contributed by atoms with Crippen molar-refractivity contribution in [3.8, 4) is 0 Å². The van der Waals surface area contributed by atoms with Gasteiger partial charge in [-0.05, 0) is 55.7 Å². The first-order valence-corrected chi connectivity index (χ1v) is 8.53. The van der Waals surface area contributed by atoms with Gasteiger partial charge in [-0.1, -0.05) is 42.0 Å². The van der Waals surface area contributed by atoms with E-state index >= 15 is 0 Å². The number of carbonyl (C=O) groups excluding carboxylic acids is 1. The topological polar surface area (TPSA) is 66.9 Å². The average molecular weight is 346 g/mol. The Morgan fingerprint density at radius 2 is 1.69 bits per heavy atom. The fourth-order valence-electron chi connectivity index (χ4n) is 2.52. The molecule has 0 fully saturated rings. The molecule has 0 atom stereocenters. The third kappa shape index (κ3) is 4.25. The highest BCUT2D eigenvalue weighted by atomic mass is 16.1. The zero-order valence-electron chi connectivity index (χ0n) is 15.2. The summed E-state index contributed by atoms with van der Waals surface area (Å²) in [6.45, 7) is 6.71.